The van der Waals surface area contributed by atoms with Gasteiger partial charge < -0.3 is 10.6 Å². The first-order chi connectivity index (χ1) is 8.59. The molecule has 0 atom stereocenters. The summed E-state index contributed by atoms with van der Waals surface area (Å²) in [5, 5.41) is 0. The Bertz CT molecular complexity index is 568. The van der Waals surface area contributed by atoms with Crippen LogP contribution in [0.2, 0.25) is 0 Å². The highest BCUT2D eigenvalue weighted by molar-refractivity contribution is 6.06. The molecule has 0 saturated heterocycles. The number of rotatable bonds is 2. The first kappa shape index (κ1) is 12.0. The third-order valence-corrected chi connectivity index (χ3v) is 2.68. The fourth-order valence-electron chi connectivity index (χ4n) is 1.62. The van der Waals surface area contributed by atoms with Gasteiger partial charge in [0.25, 0.3) is 5.91 Å². The second-order valence-corrected chi connectivity index (χ2v) is 3.98. The van der Waals surface area contributed by atoms with Crippen LogP contribution >= 0.6 is 0 Å². The highest BCUT2D eigenvalue weighted by atomic mass is 16.2. The summed E-state index contributed by atoms with van der Waals surface area (Å²) in [7, 11) is 1.70. The molecule has 0 unspecified atom stereocenters. The van der Waals surface area contributed by atoms with E-state index >= 15 is 0 Å². The van der Waals surface area contributed by atoms with Crippen molar-refractivity contribution in [2.75, 3.05) is 17.7 Å². The van der Waals surface area contributed by atoms with Gasteiger partial charge in [0.1, 0.15) is 0 Å². The molecule has 0 bridgehead atoms. The molecule has 5 nitrogen and oxygen atoms in total. The van der Waals surface area contributed by atoms with Crippen molar-refractivity contribution >= 4 is 17.3 Å². The van der Waals surface area contributed by atoms with E-state index in [4.69, 9.17) is 5.73 Å². The Labute approximate surface area is 105 Å². The van der Waals surface area contributed by atoms with Crippen molar-refractivity contribution in [1.29, 1.82) is 0 Å². The summed E-state index contributed by atoms with van der Waals surface area (Å²) < 4.78 is 0. The molecule has 0 aromatic carbocycles. The Morgan fingerprint density at radius 2 is 2.17 bits per heavy atom. The average molecular weight is 242 g/mol. The maximum Gasteiger partial charge on any atom is 0.259 e. The molecule has 0 aliphatic heterocycles. The summed E-state index contributed by atoms with van der Waals surface area (Å²) in [6.07, 6.45) is 4.83. The minimum absolute atomic E-state index is 0.152. The van der Waals surface area contributed by atoms with Gasteiger partial charge in [0.05, 0.1) is 35.0 Å². The average Bonchev–Trinajstić information content (AvgIpc) is 2.41. The van der Waals surface area contributed by atoms with Gasteiger partial charge in [-0.3, -0.25) is 14.8 Å². The lowest BCUT2D eigenvalue weighted by Crippen LogP contribution is -2.27. The van der Waals surface area contributed by atoms with E-state index in [1.54, 1.807) is 38.5 Å². The molecule has 0 radical (unpaired) electrons. The molecule has 0 saturated carbocycles. The van der Waals surface area contributed by atoms with Gasteiger partial charge in [0.2, 0.25) is 0 Å². The summed E-state index contributed by atoms with van der Waals surface area (Å²) in [6, 6.07) is 5.24. The number of nitrogens with zero attached hydrogens (tertiary/aromatic N) is 3. The van der Waals surface area contributed by atoms with E-state index in [1.165, 1.54) is 11.1 Å². The minimum atomic E-state index is -0.152. The quantitative estimate of drug-likeness (QED) is 0.869. The fraction of sp³-hybridized carbons (Fsp3) is 0.154. The van der Waals surface area contributed by atoms with Crippen molar-refractivity contribution in [3.63, 3.8) is 0 Å². The second-order valence-electron chi connectivity index (χ2n) is 3.98. The van der Waals surface area contributed by atoms with Gasteiger partial charge in [-0.2, -0.15) is 0 Å². The summed E-state index contributed by atoms with van der Waals surface area (Å²) in [5.41, 5.74) is 8.02. The zero-order valence-electron chi connectivity index (χ0n) is 10.3. The largest absolute Gasteiger partial charge is 0.397 e. The summed E-state index contributed by atoms with van der Waals surface area (Å²) in [4.78, 5) is 21.9. The number of amides is 1. The molecule has 0 fully saturated rings. The van der Waals surface area contributed by atoms with Crippen LogP contribution in [-0.2, 0) is 0 Å². The molecule has 2 N–H and O–H groups in total. The van der Waals surface area contributed by atoms with E-state index in [0.717, 1.165) is 5.69 Å². The number of hydrogen-bond acceptors (Lipinski definition) is 4. The van der Waals surface area contributed by atoms with Crippen LogP contribution in [0.1, 0.15) is 16.1 Å². The highest BCUT2D eigenvalue weighted by Gasteiger charge is 2.16. The van der Waals surface area contributed by atoms with Crippen LogP contribution in [0.25, 0.3) is 0 Å². The third-order valence-electron chi connectivity index (χ3n) is 2.68. The second kappa shape index (κ2) is 4.83. The SMILES string of the molecule is Cc1ncc(N)cc1C(=O)N(C)c1cccnc1. The lowest BCUT2D eigenvalue weighted by Gasteiger charge is -2.17. The molecule has 2 aromatic heterocycles. The number of anilines is 2. The number of aromatic nitrogens is 2. The van der Waals surface area contributed by atoms with Gasteiger partial charge >= 0.3 is 0 Å². The van der Waals surface area contributed by atoms with Gasteiger partial charge in [-0.05, 0) is 25.1 Å². The molecule has 0 aliphatic carbocycles. The van der Waals surface area contributed by atoms with E-state index in [9.17, 15) is 4.79 Å². The van der Waals surface area contributed by atoms with Crippen molar-refractivity contribution in [2.24, 2.45) is 0 Å². The van der Waals surface area contributed by atoms with Crippen LogP contribution in [-0.4, -0.2) is 22.9 Å². The Morgan fingerprint density at radius 3 is 2.83 bits per heavy atom. The molecule has 18 heavy (non-hydrogen) atoms. The molecule has 92 valence electrons. The summed E-state index contributed by atoms with van der Waals surface area (Å²) >= 11 is 0. The predicted molar refractivity (Wildman–Crippen MR) is 70.4 cm³/mol. The zero-order valence-corrected chi connectivity index (χ0v) is 10.3. The van der Waals surface area contributed by atoms with Gasteiger partial charge in [-0.1, -0.05) is 0 Å². The lowest BCUT2D eigenvalue weighted by atomic mass is 10.1. The summed E-state index contributed by atoms with van der Waals surface area (Å²) in [6.45, 7) is 1.78. The first-order valence-electron chi connectivity index (χ1n) is 5.50. The Morgan fingerprint density at radius 1 is 1.39 bits per heavy atom. The predicted octanol–water partition coefficient (Wildman–Crippen LogP) is 1.64. The van der Waals surface area contributed by atoms with Gasteiger partial charge in [0, 0.05) is 13.2 Å². The van der Waals surface area contributed by atoms with Gasteiger partial charge in [0.15, 0.2) is 0 Å². The van der Waals surface area contributed by atoms with Crippen LogP contribution in [0, 0.1) is 6.92 Å². The van der Waals surface area contributed by atoms with Crippen LogP contribution in [0.3, 0.4) is 0 Å². The van der Waals surface area contributed by atoms with E-state index in [1.807, 2.05) is 6.07 Å². The first-order valence-corrected chi connectivity index (χ1v) is 5.50. The van der Waals surface area contributed by atoms with Crippen LogP contribution in [0.15, 0.2) is 36.8 Å². The van der Waals surface area contributed by atoms with Crippen LogP contribution < -0.4 is 10.6 Å². The molecule has 2 aromatic rings. The Kier molecular flexibility index (Phi) is 3.23. The smallest absolute Gasteiger partial charge is 0.259 e. The fourth-order valence-corrected chi connectivity index (χ4v) is 1.62. The minimum Gasteiger partial charge on any atom is -0.397 e. The van der Waals surface area contributed by atoms with Crippen LogP contribution in [0.5, 0.6) is 0 Å². The number of aryl methyl sites for hydroxylation is 1. The third kappa shape index (κ3) is 2.29. The van der Waals surface area contributed by atoms with E-state index in [2.05, 4.69) is 9.97 Å². The van der Waals surface area contributed by atoms with Crippen molar-refractivity contribution in [2.45, 2.75) is 6.92 Å². The summed E-state index contributed by atoms with van der Waals surface area (Å²) in [5.74, 6) is -0.152. The van der Waals surface area contributed by atoms with E-state index in [-0.39, 0.29) is 5.91 Å². The highest BCUT2D eigenvalue weighted by Crippen LogP contribution is 2.16. The van der Waals surface area contributed by atoms with Crippen molar-refractivity contribution in [3.05, 3.63) is 48.0 Å². The molecule has 2 heterocycles. The standard InChI is InChI=1S/C13H14N4O/c1-9-12(6-10(14)7-16-9)13(18)17(2)11-4-3-5-15-8-11/h3-8H,14H2,1-2H3. The van der Waals surface area contributed by atoms with Gasteiger partial charge in [-0.25, -0.2) is 0 Å². The molecular formula is C13H14N4O. The number of nitrogens with two attached hydrogens (primary N) is 1. The Hall–Kier alpha value is -2.43. The molecule has 0 aliphatic rings. The number of carbonyl (C=O) groups is 1. The van der Waals surface area contributed by atoms with Gasteiger partial charge in [-0.15, -0.1) is 0 Å². The maximum atomic E-state index is 12.3. The molecule has 1 amide bonds. The normalized spacial score (nSPS) is 10.1. The van der Waals surface area contributed by atoms with E-state index in [0.29, 0.717) is 16.9 Å². The topological polar surface area (TPSA) is 72.1 Å². The maximum absolute atomic E-state index is 12.3. The number of carbonyl (C=O) groups excluding carboxylic acids is 1. The van der Waals surface area contributed by atoms with Crippen LogP contribution in [0.4, 0.5) is 11.4 Å². The number of hydrogen-bond donors (Lipinski definition) is 1. The van der Waals surface area contributed by atoms with Crippen molar-refractivity contribution in [1.82, 2.24) is 9.97 Å². The number of pyridine rings is 2. The van der Waals surface area contributed by atoms with Crippen molar-refractivity contribution in [3.8, 4) is 0 Å². The number of nitrogen functional groups attached to an aromatic ring is 1. The van der Waals surface area contributed by atoms with E-state index < -0.39 is 0 Å². The zero-order chi connectivity index (χ0) is 13.1. The Balaban J connectivity index is 2.34. The molecule has 0 spiro atoms. The molecular weight excluding hydrogens is 228 g/mol. The molecule has 2 rings (SSSR count). The van der Waals surface area contributed by atoms with Crippen molar-refractivity contribution < 1.29 is 4.79 Å². The monoisotopic (exact) mass is 242 g/mol. The molecule has 5 heteroatoms. The lowest BCUT2D eigenvalue weighted by molar-refractivity contribution is 0.0992.